The van der Waals surface area contributed by atoms with Crippen LogP contribution in [0.15, 0.2) is 18.2 Å². The first-order valence-electron chi connectivity index (χ1n) is 5.70. The van der Waals surface area contributed by atoms with Crippen LogP contribution >= 0.6 is 11.6 Å². The van der Waals surface area contributed by atoms with Crippen molar-refractivity contribution < 1.29 is 9.47 Å². The highest BCUT2D eigenvalue weighted by molar-refractivity contribution is 6.30. The van der Waals surface area contributed by atoms with Gasteiger partial charge in [-0.25, -0.2) is 0 Å². The van der Waals surface area contributed by atoms with Gasteiger partial charge in [0.2, 0.25) is 0 Å². The number of hydrogen-bond donors (Lipinski definition) is 0. The normalized spacial score (nSPS) is 14.4. The lowest BCUT2D eigenvalue weighted by Crippen LogP contribution is -2.08. The van der Waals surface area contributed by atoms with E-state index >= 15 is 0 Å². The van der Waals surface area contributed by atoms with Crippen LogP contribution in [0.5, 0.6) is 5.75 Å². The first-order chi connectivity index (χ1) is 8.29. The molecule has 2 rings (SSSR count). The maximum atomic E-state index is 8.89. The Balaban J connectivity index is 1.76. The van der Waals surface area contributed by atoms with Gasteiger partial charge in [-0.2, -0.15) is 5.26 Å². The Morgan fingerprint density at radius 3 is 2.88 bits per heavy atom. The van der Waals surface area contributed by atoms with E-state index < -0.39 is 0 Å². The fraction of sp³-hybridized carbons (Fsp3) is 0.462. The molecule has 1 aliphatic rings. The third-order valence-corrected chi connectivity index (χ3v) is 2.83. The molecule has 0 amide bonds. The summed E-state index contributed by atoms with van der Waals surface area (Å²) < 4.78 is 10.9. The quantitative estimate of drug-likeness (QED) is 0.730. The molecular weight excluding hydrogens is 238 g/mol. The largest absolute Gasteiger partial charge is 0.490 e. The van der Waals surface area contributed by atoms with Crippen LogP contribution < -0.4 is 4.74 Å². The molecule has 1 aromatic carbocycles. The van der Waals surface area contributed by atoms with Gasteiger partial charge in [-0.1, -0.05) is 11.6 Å². The van der Waals surface area contributed by atoms with E-state index in [4.69, 9.17) is 26.3 Å². The third kappa shape index (κ3) is 3.92. The molecule has 17 heavy (non-hydrogen) atoms. The van der Waals surface area contributed by atoms with Gasteiger partial charge in [-0.05, 0) is 30.9 Å². The molecule has 0 spiro atoms. The standard InChI is InChI=1S/C13H14ClNO2/c14-12-4-3-11(8-15)13(7-12)17-6-5-16-9-10-1-2-10/h3-4,7,10H,1-2,5-6,9H2. The van der Waals surface area contributed by atoms with E-state index in [-0.39, 0.29) is 0 Å². The highest BCUT2D eigenvalue weighted by Gasteiger charge is 2.20. The molecule has 0 heterocycles. The van der Waals surface area contributed by atoms with Gasteiger partial charge >= 0.3 is 0 Å². The summed E-state index contributed by atoms with van der Waals surface area (Å²) in [7, 11) is 0. The second kappa shape index (κ2) is 5.90. The van der Waals surface area contributed by atoms with E-state index in [2.05, 4.69) is 6.07 Å². The number of nitriles is 1. The molecular formula is C13H14ClNO2. The predicted molar refractivity (Wildman–Crippen MR) is 65.2 cm³/mol. The van der Waals surface area contributed by atoms with Crippen LogP contribution in [-0.4, -0.2) is 19.8 Å². The summed E-state index contributed by atoms with van der Waals surface area (Å²) in [5, 5.41) is 9.46. The fourth-order valence-corrected chi connectivity index (χ4v) is 1.62. The molecule has 0 unspecified atom stereocenters. The van der Waals surface area contributed by atoms with Gasteiger partial charge in [-0.15, -0.1) is 0 Å². The molecule has 0 aliphatic heterocycles. The van der Waals surface area contributed by atoms with Crippen molar-refractivity contribution in [1.82, 2.24) is 0 Å². The molecule has 0 atom stereocenters. The van der Waals surface area contributed by atoms with Gasteiger partial charge < -0.3 is 9.47 Å². The van der Waals surface area contributed by atoms with Crippen molar-refractivity contribution in [2.45, 2.75) is 12.8 Å². The Kier molecular flexibility index (Phi) is 4.24. The number of hydrogen-bond acceptors (Lipinski definition) is 3. The Morgan fingerprint density at radius 2 is 2.18 bits per heavy atom. The molecule has 1 saturated carbocycles. The Morgan fingerprint density at radius 1 is 1.35 bits per heavy atom. The number of benzene rings is 1. The van der Waals surface area contributed by atoms with Crippen molar-refractivity contribution in [3.63, 3.8) is 0 Å². The van der Waals surface area contributed by atoms with Crippen LogP contribution in [0.25, 0.3) is 0 Å². The average molecular weight is 252 g/mol. The number of halogens is 1. The minimum atomic E-state index is 0.446. The smallest absolute Gasteiger partial charge is 0.138 e. The number of rotatable bonds is 6. The summed E-state index contributed by atoms with van der Waals surface area (Å²) in [6.45, 7) is 1.82. The Hall–Kier alpha value is -1.24. The highest BCUT2D eigenvalue weighted by atomic mass is 35.5. The van der Waals surface area contributed by atoms with Gasteiger partial charge in [0.15, 0.2) is 0 Å². The van der Waals surface area contributed by atoms with Crippen molar-refractivity contribution in [2.24, 2.45) is 5.92 Å². The van der Waals surface area contributed by atoms with E-state index in [0.29, 0.717) is 29.5 Å². The zero-order valence-corrected chi connectivity index (χ0v) is 10.2. The topological polar surface area (TPSA) is 42.2 Å². The van der Waals surface area contributed by atoms with E-state index in [1.165, 1.54) is 12.8 Å². The highest BCUT2D eigenvalue weighted by Crippen LogP contribution is 2.28. The maximum absolute atomic E-state index is 8.89. The lowest BCUT2D eigenvalue weighted by Gasteiger charge is -2.08. The predicted octanol–water partition coefficient (Wildman–Crippen LogP) is 3.02. The molecule has 0 saturated heterocycles. The Bertz CT molecular complexity index is 424. The average Bonchev–Trinajstić information content (AvgIpc) is 3.13. The van der Waals surface area contributed by atoms with Crippen molar-refractivity contribution in [2.75, 3.05) is 19.8 Å². The van der Waals surface area contributed by atoms with Gasteiger partial charge in [0.05, 0.1) is 12.2 Å². The van der Waals surface area contributed by atoms with Crippen LogP contribution in [0.3, 0.4) is 0 Å². The van der Waals surface area contributed by atoms with E-state index in [1.807, 2.05) is 0 Å². The minimum absolute atomic E-state index is 0.446. The first-order valence-corrected chi connectivity index (χ1v) is 6.07. The Labute approximate surface area is 106 Å². The zero-order chi connectivity index (χ0) is 12.1. The molecule has 0 N–H and O–H groups in total. The van der Waals surface area contributed by atoms with Gasteiger partial charge in [0.1, 0.15) is 18.4 Å². The fourth-order valence-electron chi connectivity index (χ4n) is 1.45. The summed E-state index contributed by atoms with van der Waals surface area (Å²) in [5.41, 5.74) is 0.497. The van der Waals surface area contributed by atoms with Crippen LogP contribution in [0.2, 0.25) is 5.02 Å². The lowest BCUT2D eigenvalue weighted by molar-refractivity contribution is 0.0926. The molecule has 3 nitrogen and oxygen atoms in total. The molecule has 0 bridgehead atoms. The van der Waals surface area contributed by atoms with Gasteiger partial charge in [0, 0.05) is 17.7 Å². The van der Waals surface area contributed by atoms with E-state index in [0.717, 1.165) is 12.5 Å². The summed E-state index contributed by atoms with van der Waals surface area (Å²) >= 11 is 5.84. The SMILES string of the molecule is N#Cc1ccc(Cl)cc1OCCOCC1CC1. The van der Waals surface area contributed by atoms with Crippen molar-refractivity contribution >= 4 is 11.6 Å². The molecule has 4 heteroatoms. The monoisotopic (exact) mass is 251 g/mol. The lowest BCUT2D eigenvalue weighted by atomic mass is 10.2. The summed E-state index contributed by atoms with van der Waals surface area (Å²) in [6.07, 6.45) is 2.57. The second-order valence-electron chi connectivity index (χ2n) is 4.12. The molecule has 0 radical (unpaired) electrons. The molecule has 1 fully saturated rings. The zero-order valence-electron chi connectivity index (χ0n) is 9.49. The number of ether oxygens (including phenoxy) is 2. The van der Waals surface area contributed by atoms with Crippen molar-refractivity contribution in [3.8, 4) is 11.8 Å². The van der Waals surface area contributed by atoms with Crippen LogP contribution in [0.1, 0.15) is 18.4 Å². The van der Waals surface area contributed by atoms with Crippen LogP contribution in [0.4, 0.5) is 0 Å². The maximum Gasteiger partial charge on any atom is 0.138 e. The van der Waals surface area contributed by atoms with Crippen LogP contribution in [0, 0.1) is 17.2 Å². The van der Waals surface area contributed by atoms with Gasteiger partial charge in [0.25, 0.3) is 0 Å². The van der Waals surface area contributed by atoms with Crippen LogP contribution in [-0.2, 0) is 4.74 Å². The van der Waals surface area contributed by atoms with E-state index in [1.54, 1.807) is 18.2 Å². The van der Waals surface area contributed by atoms with Gasteiger partial charge in [-0.3, -0.25) is 0 Å². The van der Waals surface area contributed by atoms with Crippen molar-refractivity contribution in [1.29, 1.82) is 5.26 Å². The minimum Gasteiger partial charge on any atom is -0.490 e. The molecule has 1 aromatic rings. The molecule has 90 valence electrons. The molecule has 1 aliphatic carbocycles. The van der Waals surface area contributed by atoms with Crippen molar-refractivity contribution in [3.05, 3.63) is 28.8 Å². The summed E-state index contributed by atoms with van der Waals surface area (Å²) in [5.74, 6) is 1.28. The third-order valence-electron chi connectivity index (χ3n) is 2.60. The summed E-state index contributed by atoms with van der Waals surface area (Å²) in [4.78, 5) is 0. The van der Waals surface area contributed by atoms with E-state index in [9.17, 15) is 0 Å². The first kappa shape index (κ1) is 12.2. The number of nitrogens with zero attached hydrogens (tertiary/aromatic N) is 1. The second-order valence-corrected chi connectivity index (χ2v) is 4.56. The molecule has 0 aromatic heterocycles. The summed E-state index contributed by atoms with van der Waals surface area (Å²) in [6, 6.07) is 7.05.